The molecule has 1 atom stereocenters. The third kappa shape index (κ3) is 5.64. The highest BCUT2D eigenvalue weighted by molar-refractivity contribution is 7.44. The topological polar surface area (TPSA) is 75.7 Å². The van der Waals surface area contributed by atoms with Crippen LogP contribution in [0, 0.1) is 23.7 Å². The summed E-state index contributed by atoms with van der Waals surface area (Å²) in [6, 6.07) is 9.19. The first kappa shape index (κ1) is 22.1. The Bertz CT molecular complexity index is 932. The van der Waals surface area contributed by atoms with Gasteiger partial charge in [-0.3, -0.25) is 0 Å². The van der Waals surface area contributed by atoms with Crippen molar-refractivity contribution in [2.75, 3.05) is 6.61 Å². The van der Waals surface area contributed by atoms with Crippen LogP contribution in [0.4, 0.5) is 0 Å². The molecule has 0 radical (unpaired) electrons. The number of rotatable bonds is 9. The smallest absolute Gasteiger partial charge is 0.336 e. The Morgan fingerprint density at radius 1 is 1.21 bits per heavy atom. The van der Waals surface area contributed by atoms with Crippen LogP contribution in [0.15, 0.2) is 33.5 Å². The number of nitrogens with zero attached hydrogens (tertiary/aromatic N) is 2. The van der Waals surface area contributed by atoms with Crippen LogP contribution in [0.25, 0.3) is 11.0 Å². The Labute approximate surface area is 167 Å². The minimum atomic E-state index is -1.40. The molecule has 2 aromatic rings. The molecule has 0 bridgehead atoms. The van der Waals surface area contributed by atoms with Crippen molar-refractivity contribution in [2.24, 2.45) is 0 Å². The average molecular weight is 400 g/mol. The summed E-state index contributed by atoms with van der Waals surface area (Å²) in [5.41, 5.74) is 1.32. The predicted octanol–water partition coefficient (Wildman–Crippen LogP) is 4.57. The van der Waals surface area contributed by atoms with Crippen LogP contribution in [0.5, 0.6) is 0 Å². The summed E-state index contributed by atoms with van der Waals surface area (Å²) in [5.74, 6) is 2.53. The van der Waals surface area contributed by atoms with Gasteiger partial charge in [-0.05, 0) is 51.5 Å². The zero-order valence-electron chi connectivity index (χ0n) is 16.6. The van der Waals surface area contributed by atoms with Crippen LogP contribution < -0.4 is 5.63 Å². The maximum atomic E-state index is 12.0. The first-order chi connectivity index (χ1) is 13.4. The molecule has 0 fully saturated rings. The fourth-order valence-electron chi connectivity index (χ4n) is 2.88. The molecule has 7 heteroatoms. The fourth-order valence-corrected chi connectivity index (χ4v) is 4.47. The number of benzene rings is 1. The molecule has 0 aliphatic heterocycles. The highest BCUT2D eigenvalue weighted by Crippen LogP contribution is 2.46. The third-order valence-electron chi connectivity index (χ3n) is 3.99. The quantitative estimate of drug-likeness (QED) is 0.266. The zero-order valence-corrected chi connectivity index (χ0v) is 17.5. The third-order valence-corrected chi connectivity index (χ3v) is 6.04. The standard InChI is InChI=1S/C21H25N2O4P/c1-6-17-8-9-19-18(13-21(24)27-20(19)12-17)14-26-28(25-11-7-10-22)23(15(2)3)16(4)5/h1,8-9,12-13,15-16H,7,11,14H2,2-5H3. The number of hydrogen-bond donors (Lipinski definition) is 0. The van der Waals surface area contributed by atoms with Gasteiger partial charge in [0.15, 0.2) is 0 Å². The predicted molar refractivity (Wildman–Crippen MR) is 110 cm³/mol. The fraction of sp³-hybridized carbons (Fsp3) is 0.429. The summed E-state index contributed by atoms with van der Waals surface area (Å²) in [7, 11) is -1.40. The van der Waals surface area contributed by atoms with Crippen molar-refractivity contribution >= 4 is 19.5 Å². The maximum Gasteiger partial charge on any atom is 0.336 e. The van der Waals surface area contributed by atoms with E-state index < -0.39 is 14.2 Å². The normalized spacial score (nSPS) is 12.5. The molecular formula is C21H25N2O4P. The molecule has 0 aliphatic carbocycles. The molecule has 1 heterocycles. The Morgan fingerprint density at radius 2 is 1.93 bits per heavy atom. The molecule has 148 valence electrons. The zero-order chi connectivity index (χ0) is 20.7. The lowest BCUT2D eigenvalue weighted by Gasteiger charge is -2.35. The van der Waals surface area contributed by atoms with E-state index in [2.05, 4.69) is 44.4 Å². The average Bonchev–Trinajstić information content (AvgIpc) is 2.64. The monoisotopic (exact) mass is 400 g/mol. The van der Waals surface area contributed by atoms with Gasteiger partial charge in [0.1, 0.15) is 5.58 Å². The van der Waals surface area contributed by atoms with E-state index in [9.17, 15) is 4.79 Å². The van der Waals surface area contributed by atoms with Crippen molar-refractivity contribution in [3.8, 4) is 18.4 Å². The van der Waals surface area contributed by atoms with Crippen LogP contribution in [-0.2, 0) is 15.7 Å². The highest BCUT2D eigenvalue weighted by atomic mass is 31.2. The van der Waals surface area contributed by atoms with E-state index in [1.165, 1.54) is 6.07 Å². The molecule has 0 aliphatic rings. The molecule has 28 heavy (non-hydrogen) atoms. The lowest BCUT2D eigenvalue weighted by molar-refractivity contribution is 0.171. The number of fused-ring (bicyclic) bond motifs is 1. The number of hydrogen-bond acceptors (Lipinski definition) is 6. The van der Waals surface area contributed by atoms with E-state index in [1.54, 1.807) is 12.1 Å². The molecule has 0 saturated carbocycles. The second-order valence-electron chi connectivity index (χ2n) is 6.77. The van der Waals surface area contributed by atoms with E-state index in [0.29, 0.717) is 29.7 Å². The van der Waals surface area contributed by atoms with E-state index in [0.717, 1.165) is 5.39 Å². The minimum absolute atomic E-state index is 0.186. The Kier molecular flexibility index (Phi) is 8.18. The summed E-state index contributed by atoms with van der Waals surface area (Å²) < 4.78 is 19.4. The summed E-state index contributed by atoms with van der Waals surface area (Å²) in [4.78, 5) is 12.0. The van der Waals surface area contributed by atoms with Crippen molar-refractivity contribution in [1.82, 2.24) is 4.67 Å². The molecule has 1 unspecified atom stereocenters. The lowest BCUT2D eigenvalue weighted by atomic mass is 10.1. The molecule has 0 N–H and O–H groups in total. The van der Waals surface area contributed by atoms with Crippen LogP contribution >= 0.6 is 8.53 Å². The lowest BCUT2D eigenvalue weighted by Crippen LogP contribution is -2.33. The Morgan fingerprint density at radius 3 is 2.54 bits per heavy atom. The van der Waals surface area contributed by atoms with Gasteiger partial charge in [0.25, 0.3) is 8.53 Å². The van der Waals surface area contributed by atoms with Gasteiger partial charge in [-0.1, -0.05) is 5.92 Å². The summed E-state index contributed by atoms with van der Waals surface area (Å²) in [6.07, 6.45) is 5.72. The van der Waals surface area contributed by atoms with E-state index in [4.69, 9.17) is 25.1 Å². The Balaban J connectivity index is 2.30. The minimum Gasteiger partial charge on any atom is -0.423 e. The van der Waals surface area contributed by atoms with Crippen molar-refractivity contribution < 1.29 is 13.5 Å². The maximum absolute atomic E-state index is 12.0. The van der Waals surface area contributed by atoms with Gasteiger partial charge in [0.05, 0.1) is 25.7 Å². The van der Waals surface area contributed by atoms with Crippen molar-refractivity contribution in [3.05, 3.63) is 45.8 Å². The second kappa shape index (κ2) is 10.4. The van der Waals surface area contributed by atoms with Gasteiger partial charge in [-0.25, -0.2) is 9.46 Å². The molecular weight excluding hydrogens is 375 g/mol. The van der Waals surface area contributed by atoms with Crippen LogP contribution in [-0.4, -0.2) is 23.4 Å². The van der Waals surface area contributed by atoms with Gasteiger partial charge in [-0.15, -0.1) is 6.42 Å². The van der Waals surface area contributed by atoms with E-state index in [1.807, 2.05) is 6.07 Å². The number of terminal acetylenes is 1. The SMILES string of the molecule is C#Cc1ccc2c(COP(OCCC#N)N(C(C)C)C(C)C)cc(=O)oc2c1. The summed E-state index contributed by atoms with van der Waals surface area (Å²) in [5, 5.41) is 9.57. The van der Waals surface area contributed by atoms with Crippen molar-refractivity contribution in [3.63, 3.8) is 0 Å². The van der Waals surface area contributed by atoms with Crippen LogP contribution in [0.1, 0.15) is 45.2 Å². The van der Waals surface area contributed by atoms with Crippen molar-refractivity contribution in [1.29, 1.82) is 5.26 Å². The van der Waals surface area contributed by atoms with Crippen LogP contribution in [0.3, 0.4) is 0 Å². The second-order valence-corrected chi connectivity index (χ2v) is 8.22. The molecule has 0 amide bonds. The highest BCUT2D eigenvalue weighted by Gasteiger charge is 2.27. The molecule has 1 aromatic heterocycles. The molecule has 0 saturated heterocycles. The first-order valence-corrected chi connectivity index (χ1v) is 10.2. The number of nitriles is 1. The van der Waals surface area contributed by atoms with Crippen LogP contribution in [0.2, 0.25) is 0 Å². The Hall–Kier alpha value is -2.21. The van der Waals surface area contributed by atoms with Crippen molar-refractivity contribution in [2.45, 2.75) is 52.8 Å². The van der Waals surface area contributed by atoms with Gasteiger partial charge in [0.2, 0.25) is 0 Å². The molecule has 2 rings (SSSR count). The molecule has 0 spiro atoms. The largest absolute Gasteiger partial charge is 0.423 e. The van der Waals surface area contributed by atoms with Gasteiger partial charge < -0.3 is 13.5 Å². The summed E-state index contributed by atoms with van der Waals surface area (Å²) in [6.45, 7) is 8.76. The van der Waals surface area contributed by atoms with E-state index >= 15 is 0 Å². The van der Waals surface area contributed by atoms with Gasteiger partial charge in [-0.2, -0.15) is 5.26 Å². The molecule has 6 nitrogen and oxygen atoms in total. The molecule has 1 aromatic carbocycles. The van der Waals surface area contributed by atoms with Gasteiger partial charge in [0, 0.05) is 29.1 Å². The van der Waals surface area contributed by atoms with E-state index in [-0.39, 0.29) is 18.7 Å². The summed E-state index contributed by atoms with van der Waals surface area (Å²) >= 11 is 0. The first-order valence-electron chi connectivity index (χ1n) is 9.12. The van der Waals surface area contributed by atoms with Gasteiger partial charge >= 0.3 is 5.63 Å².